The summed E-state index contributed by atoms with van der Waals surface area (Å²) in [7, 11) is 0. The van der Waals surface area contributed by atoms with Crippen LogP contribution in [0.4, 0.5) is 16.2 Å². The second kappa shape index (κ2) is 6.49. The van der Waals surface area contributed by atoms with Gasteiger partial charge in [-0.2, -0.15) is 10.1 Å². The van der Waals surface area contributed by atoms with Crippen LogP contribution in [0.2, 0.25) is 0 Å². The molecule has 7 heteroatoms. The van der Waals surface area contributed by atoms with Crippen LogP contribution < -0.4 is 10.7 Å². The molecule has 22 heavy (non-hydrogen) atoms. The standard InChI is InChI=1S/C15H14N4O3/c1-11(12-6-5-9-14(10-12)19(21)22)17-18(15(16)20)13-7-3-2-4-8-13/h2-10H,1H3,(H2,16,20)/b17-11+. The molecule has 7 nitrogen and oxygen atoms in total. The van der Waals surface area contributed by atoms with Crippen molar-refractivity contribution in [2.24, 2.45) is 10.8 Å². The van der Waals surface area contributed by atoms with Crippen LogP contribution in [-0.2, 0) is 0 Å². The van der Waals surface area contributed by atoms with Crippen molar-refractivity contribution in [1.82, 2.24) is 0 Å². The van der Waals surface area contributed by atoms with Crippen LogP contribution in [0.5, 0.6) is 0 Å². The van der Waals surface area contributed by atoms with Gasteiger partial charge in [0.05, 0.1) is 16.3 Å². The molecule has 2 amide bonds. The van der Waals surface area contributed by atoms with Gasteiger partial charge in [0.25, 0.3) is 5.69 Å². The second-order valence-corrected chi connectivity index (χ2v) is 4.48. The van der Waals surface area contributed by atoms with Gasteiger partial charge in [0.1, 0.15) is 0 Å². The lowest BCUT2D eigenvalue weighted by molar-refractivity contribution is -0.384. The third-order valence-electron chi connectivity index (χ3n) is 2.93. The normalized spacial score (nSPS) is 11.0. The number of anilines is 1. The monoisotopic (exact) mass is 298 g/mol. The summed E-state index contributed by atoms with van der Waals surface area (Å²) >= 11 is 0. The van der Waals surface area contributed by atoms with Gasteiger partial charge >= 0.3 is 6.03 Å². The van der Waals surface area contributed by atoms with Gasteiger partial charge in [0.2, 0.25) is 0 Å². The number of primary amides is 1. The van der Waals surface area contributed by atoms with Crippen molar-refractivity contribution in [2.45, 2.75) is 6.92 Å². The Balaban J connectivity index is 2.39. The molecule has 0 aliphatic carbocycles. The highest BCUT2D eigenvalue weighted by atomic mass is 16.6. The summed E-state index contributed by atoms with van der Waals surface area (Å²) in [5.41, 5.74) is 6.79. The molecule has 0 unspecified atom stereocenters. The highest BCUT2D eigenvalue weighted by Crippen LogP contribution is 2.17. The fraction of sp³-hybridized carbons (Fsp3) is 0.0667. The molecule has 0 fully saturated rings. The lowest BCUT2D eigenvalue weighted by atomic mass is 10.1. The minimum Gasteiger partial charge on any atom is -0.350 e. The summed E-state index contributed by atoms with van der Waals surface area (Å²) < 4.78 is 0. The van der Waals surface area contributed by atoms with Gasteiger partial charge in [-0.1, -0.05) is 30.3 Å². The Morgan fingerprint density at radius 1 is 1.18 bits per heavy atom. The topological polar surface area (TPSA) is 102 Å². The summed E-state index contributed by atoms with van der Waals surface area (Å²) in [5, 5.41) is 16.0. The molecule has 2 aromatic rings. The zero-order chi connectivity index (χ0) is 16.1. The molecule has 2 N–H and O–H groups in total. The average Bonchev–Trinajstić information content (AvgIpc) is 2.53. The fourth-order valence-corrected chi connectivity index (χ4v) is 1.86. The molecule has 112 valence electrons. The molecule has 0 saturated carbocycles. The molecule has 0 saturated heterocycles. The first-order chi connectivity index (χ1) is 10.5. The first-order valence-corrected chi connectivity index (χ1v) is 6.43. The number of rotatable bonds is 4. The van der Waals surface area contributed by atoms with E-state index in [1.807, 2.05) is 0 Å². The van der Waals surface area contributed by atoms with Crippen molar-refractivity contribution in [3.8, 4) is 0 Å². The van der Waals surface area contributed by atoms with Gasteiger partial charge in [-0.25, -0.2) is 4.79 Å². The van der Waals surface area contributed by atoms with Gasteiger partial charge in [-0.05, 0) is 19.1 Å². The molecule has 0 aromatic heterocycles. The molecule has 0 aliphatic heterocycles. The van der Waals surface area contributed by atoms with Gasteiger partial charge in [-0.3, -0.25) is 10.1 Å². The number of benzene rings is 2. The zero-order valence-corrected chi connectivity index (χ0v) is 11.8. The number of carbonyl (C=O) groups is 1. The van der Waals surface area contributed by atoms with Gasteiger partial charge in [-0.15, -0.1) is 0 Å². The van der Waals surface area contributed by atoms with E-state index in [4.69, 9.17) is 5.73 Å². The summed E-state index contributed by atoms with van der Waals surface area (Å²) in [6.45, 7) is 1.65. The number of carbonyl (C=O) groups excluding carboxylic acids is 1. The predicted octanol–water partition coefficient (Wildman–Crippen LogP) is 2.90. The van der Waals surface area contributed by atoms with Crippen molar-refractivity contribution < 1.29 is 9.72 Å². The van der Waals surface area contributed by atoms with Crippen molar-refractivity contribution in [3.05, 3.63) is 70.3 Å². The van der Waals surface area contributed by atoms with Gasteiger partial charge < -0.3 is 5.73 Å². The smallest absolute Gasteiger partial charge is 0.340 e. The van der Waals surface area contributed by atoms with E-state index in [2.05, 4.69) is 5.10 Å². The van der Waals surface area contributed by atoms with E-state index in [1.165, 1.54) is 12.1 Å². The number of nitro benzene ring substituents is 1. The average molecular weight is 298 g/mol. The molecule has 2 rings (SSSR count). The summed E-state index contributed by atoms with van der Waals surface area (Å²) in [4.78, 5) is 21.9. The summed E-state index contributed by atoms with van der Waals surface area (Å²) in [6, 6.07) is 14.0. The van der Waals surface area contributed by atoms with E-state index in [0.717, 1.165) is 5.01 Å². The van der Waals surface area contributed by atoms with E-state index < -0.39 is 11.0 Å². The minimum atomic E-state index is -0.740. The first-order valence-electron chi connectivity index (χ1n) is 6.43. The summed E-state index contributed by atoms with van der Waals surface area (Å²) in [6.07, 6.45) is 0. The Kier molecular flexibility index (Phi) is 4.47. The van der Waals surface area contributed by atoms with Crippen molar-refractivity contribution in [2.75, 3.05) is 5.01 Å². The van der Waals surface area contributed by atoms with Crippen LogP contribution in [0.15, 0.2) is 59.7 Å². The minimum absolute atomic E-state index is 0.0441. The third kappa shape index (κ3) is 3.45. The second-order valence-electron chi connectivity index (χ2n) is 4.48. The number of para-hydroxylation sites is 1. The first kappa shape index (κ1) is 15.2. The van der Waals surface area contributed by atoms with Crippen LogP contribution in [0.1, 0.15) is 12.5 Å². The van der Waals surface area contributed by atoms with Crippen molar-refractivity contribution in [1.29, 1.82) is 0 Å². The number of hydrogen-bond acceptors (Lipinski definition) is 4. The Hall–Kier alpha value is -3.22. The van der Waals surface area contributed by atoms with E-state index in [1.54, 1.807) is 49.4 Å². The van der Waals surface area contributed by atoms with Crippen LogP contribution in [0.25, 0.3) is 0 Å². The van der Waals surface area contributed by atoms with E-state index >= 15 is 0 Å². The molecular weight excluding hydrogens is 284 g/mol. The number of nitrogens with two attached hydrogens (primary N) is 1. The maximum Gasteiger partial charge on any atom is 0.340 e. The van der Waals surface area contributed by atoms with Crippen molar-refractivity contribution in [3.63, 3.8) is 0 Å². The Labute approximate surface area is 126 Å². The molecule has 0 radical (unpaired) electrons. The highest BCUT2D eigenvalue weighted by Gasteiger charge is 2.13. The SMILES string of the molecule is C/C(=N\N(C(N)=O)c1ccccc1)c1cccc([N+](=O)[O-])c1. The highest BCUT2D eigenvalue weighted by molar-refractivity contribution is 6.02. The number of amides is 2. The van der Waals surface area contributed by atoms with Gasteiger partial charge in [0.15, 0.2) is 0 Å². The molecule has 0 spiro atoms. The number of hydrazone groups is 1. The predicted molar refractivity (Wildman–Crippen MR) is 83.8 cm³/mol. The maximum absolute atomic E-state index is 11.6. The molecule has 0 aliphatic rings. The Morgan fingerprint density at radius 3 is 2.45 bits per heavy atom. The van der Waals surface area contributed by atoms with Crippen LogP contribution in [-0.4, -0.2) is 16.7 Å². The van der Waals surface area contributed by atoms with Gasteiger partial charge in [0, 0.05) is 17.7 Å². The number of nitro groups is 1. The third-order valence-corrected chi connectivity index (χ3v) is 2.93. The number of nitrogens with zero attached hydrogens (tertiary/aromatic N) is 3. The molecule has 0 bridgehead atoms. The molecular formula is C15H14N4O3. The number of hydrogen-bond donors (Lipinski definition) is 1. The van der Waals surface area contributed by atoms with Crippen LogP contribution >= 0.6 is 0 Å². The van der Waals surface area contributed by atoms with Crippen LogP contribution in [0.3, 0.4) is 0 Å². The molecule has 0 atom stereocenters. The largest absolute Gasteiger partial charge is 0.350 e. The van der Waals surface area contributed by atoms with E-state index in [-0.39, 0.29) is 5.69 Å². The lowest BCUT2D eigenvalue weighted by Crippen LogP contribution is -2.32. The quantitative estimate of drug-likeness (QED) is 0.533. The lowest BCUT2D eigenvalue weighted by Gasteiger charge is -2.15. The summed E-state index contributed by atoms with van der Waals surface area (Å²) in [5.74, 6) is 0. The number of non-ortho nitro benzene ring substituents is 1. The van der Waals surface area contributed by atoms with E-state index in [0.29, 0.717) is 17.0 Å². The van der Waals surface area contributed by atoms with Crippen LogP contribution in [0, 0.1) is 10.1 Å². The Morgan fingerprint density at radius 2 is 1.86 bits per heavy atom. The maximum atomic E-state index is 11.6. The molecule has 2 aromatic carbocycles. The number of urea groups is 1. The fourth-order valence-electron chi connectivity index (χ4n) is 1.86. The van der Waals surface area contributed by atoms with E-state index in [9.17, 15) is 14.9 Å². The zero-order valence-electron chi connectivity index (χ0n) is 11.8. The molecule has 0 heterocycles. The van der Waals surface area contributed by atoms with Crippen molar-refractivity contribution >= 4 is 23.1 Å². The Bertz CT molecular complexity index is 729.